The number of carbonyl (C=O) groups is 1. The van der Waals surface area contributed by atoms with E-state index in [1.54, 1.807) is 0 Å². The molecule has 1 aliphatic heterocycles. The van der Waals surface area contributed by atoms with Crippen LogP contribution >= 0.6 is 0 Å². The van der Waals surface area contributed by atoms with E-state index in [0.717, 1.165) is 17.7 Å². The molecule has 1 aliphatic rings. The molecule has 1 heterocycles. The Morgan fingerprint density at radius 1 is 1.35 bits per heavy atom. The molecule has 0 fully saturated rings. The molecule has 1 N–H and O–H groups in total. The van der Waals surface area contributed by atoms with Crippen LogP contribution in [0.15, 0.2) is 41.0 Å². The number of aryl methyl sites for hydroxylation is 1. The Balaban J connectivity index is 1.80. The Labute approximate surface area is 101 Å². The fraction of sp³-hybridized carbons (Fsp3) is 0.286. The highest BCUT2D eigenvalue weighted by Gasteiger charge is 2.05. The highest BCUT2D eigenvalue weighted by atomic mass is 16.1. The van der Waals surface area contributed by atoms with Gasteiger partial charge in [0.2, 0.25) is 5.91 Å². The minimum absolute atomic E-state index is 0.0388. The summed E-state index contributed by atoms with van der Waals surface area (Å²) < 4.78 is 0. The molecule has 2 rings (SSSR count). The number of nitrogens with one attached hydrogen (secondary N) is 1. The van der Waals surface area contributed by atoms with Gasteiger partial charge < -0.3 is 5.32 Å². The van der Waals surface area contributed by atoms with E-state index in [0.29, 0.717) is 13.0 Å². The van der Waals surface area contributed by atoms with Gasteiger partial charge in [0.05, 0.1) is 18.7 Å². The highest BCUT2D eigenvalue weighted by Crippen LogP contribution is 2.05. The monoisotopic (exact) mass is 228 g/mol. The molecule has 1 aromatic rings. The number of hydrogen-bond acceptors (Lipinski definition) is 2. The predicted octanol–water partition coefficient (Wildman–Crippen LogP) is 2.01. The Morgan fingerprint density at radius 3 is 2.76 bits per heavy atom. The van der Waals surface area contributed by atoms with Crippen molar-refractivity contribution in [1.29, 1.82) is 0 Å². The summed E-state index contributed by atoms with van der Waals surface area (Å²) in [5.74, 6) is 0.0388. The van der Waals surface area contributed by atoms with E-state index in [1.165, 1.54) is 5.56 Å². The fourth-order valence-electron chi connectivity index (χ4n) is 1.67. The molecule has 0 saturated carbocycles. The van der Waals surface area contributed by atoms with Gasteiger partial charge in [-0.3, -0.25) is 9.79 Å². The Morgan fingerprint density at radius 2 is 2.12 bits per heavy atom. The average molecular weight is 228 g/mol. The Bertz CT molecular complexity index is 458. The zero-order valence-corrected chi connectivity index (χ0v) is 9.94. The van der Waals surface area contributed by atoms with Gasteiger partial charge >= 0.3 is 0 Å². The summed E-state index contributed by atoms with van der Waals surface area (Å²) in [4.78, 5) is 15.8. The second kappa shape index (κ2) is 5.43. The summed E-state index contributed by atoms with van der Waals surface area (Å²) in [6.07, 6.45) is 5.17. The number of hydrogen-bond donors (Lipinski definition) is 1. The van der Waals surface area contributed by atoms with E-state index in [4.69, 9.17) is 0 Å². The Hall–Kier alpha value is -1.90. The van der Waals surface area contributed by atoms with E-state index < -0.39 is 0 Å². The van der Waals surface area contributed by atoms with Crippen molar-refractivity contribution in [3.63, 3.8) is 0 Å². The standard InChI is InChI=1S/C14H16N2O/c1-11-4-6-12(7-5-11)9-14(17)16-10-13-3-2-8-15-13/h3-8H,2,9-10H2,1H3,(H,16,17). The van der Waals surface area contributed by atoms with Crippen molar-refractivity contribution in [3.8, 4) is 0 Å². The van der Waals surface area contributed by atoms with Crippen LogP contribution < -0.4 is 5.32 Å². The maximum absolute atomic E-state index is 11.7. The molecule has 3 heteroatoms. The van der Waals surface area contributed by atoms with Crippen molar-refractivity contribution in [2.24, 2.45) is 4.99 Å². The third kappa shape index (κ3) is 3.55. The van der Waals surface area contributed by atoms with Crippen LogP contribution in [0.2, 0.25) is 0 Å². The lowest BCUT2D eigenvalue weighted by molar-refractivity contribution is -0.120. The third-order valence-corrected chi connectivity index (χ3v) is 2.67. The maximum Gasteiger partial charge on any atom is 0.224 e. The predicted molar refractivity (Wildman–Crippen MR) is 69.1 cm³/mol. The zero-order chi connectivity index (χ0) is 12.1. The molecule has 88 valence electrons. The minimum atomic E-state index is 0.0388. The Kier molecular flexibility index (Phi) is 3.70. The van der Waals surface area contributed by atoms with Crippen LogP contribution in [0.3, 0.4) is 0 Å². The first kappa shape index (κ1) is 11.6. The smallest absolute Gasteiger partial charge is 0.224 e. The molecule has 0 aromatic heterocycles. The van der Waals surface area contributed by atoms with E-state index >= 15 is 0 Å². The topological polar surface area (TPSA) is 41.5 Å². The lowest BCUT2D eigenvalue weighted by atomic mass is 10.1. The summed E-state index contributed by atoms with van der Waals surface area (Å²) >= 11 is 0. The molecule has 1 aromatic carbocycles. The molecule has 0 aliphatic carbocycles. The fourth-order valence-corrected chi connectivity index (χ4v) is 1.67. The van der Waals surface area contributed by atoms with Gasteiger partial charge in [0.25, 0.3) is 0 Å². The van der Waals surface area contributed by atoms with Gasteiger partial charge in [0, 0.05) is 12.6 Å². The highest BCUT2D eigenvalue weighted by molar-refractivity contribution is 5.79. The van der Waals surface area contributed by atoms with Crippen LogP contribution in [-0.4, -0.2) is 18.7 Å². The normalized spacial score (nSPS) is 13.6. The number of aliphatic imine (C=N–C) groups is 1. The molecule has 0 unspecified atom stereocenters. The number of nitrogens with zero attached hydrogens (tertiary/aromatic N) is 1. The molecule has 1 amide bonds. The second-order valence-corrected chi connectivity index (χ2v) is 4.18. The van der Waals surface area contributed by atoms with Gasteiger partial charge in [-0.1, -0.05) is 35.9 Å². The van der Waals surface area contributed by atoms with Crippen LogP contribution in [0.5, 0.6) is 0 Å². The summed E-state index contributed by atoms with van der Waals surface area (Å²) in [7, 11) is 0. The first-order chi connectivity index (χ1) is 8.24. The molecule has 0 atom stereocenters. The summed E-state index contributed by atoms with van der Waals surface area (Å²) in [6.45, 7) is 2.57. The first-order valence-electron chi connectivity index (χ1n) is 5.78. The minimum Gasteiger partial charge on any atom is -0.350 e. The van der Waals surface area contributed by atoms with E-state index in [9.17, 15) is 4.79 Å². The maximum atomic E-state index is 11.7. The summed E-state index contributed by atoms with van der Waals surface area (Å²) in [5.41, 5.74) is 3.19. The molecule has 17 heavy (non-hydrogen) atoms. The van der Waals surface area contributed by atoms with Crippen molar-refractivity contribution >= 4 is 12.1 Å². The van der Waals surface area contributed by atoms with Gasteiger partial charge in [0.15, 0.2) is 0 Å². The van der Waals surface area contributed by atoms with Crippen LogP contribution in [0, 0.1) is 6.92 Å². The molecular formula is C14H16N2O. The lowest BCUT2D eigenvalue weighted by Crippen LogP contribution is -2.26. The number of carbonyl (C=O) groups excluding carboxylic acids is 1. The molecule has 0 saturated heterocycles. The molecular weight excluding hydrogens is 212 g/mol. The average Bonchev–Trinajstić information content (AvgIpc) is 2.83. The van der Waals surface area contributed by atoms with Gasteiger partial charge in [0.1, 0.15) is 0 Å². The van der Waals surface area contributed by atoms with E-state index in [1.807, 2.05) is 43.5 Å². The zero-order valence-electron chi connectivity index (χ0n) is 9.94. The van der Waals surface area contributed by atoms with Crippen LogP contribution in [0.25, 0.3) is 0 Å². The largest absolute Gasteiger partial charge is 0.350 e. The first-order valence-corrected chi connectivity index (χ1v) is 5.78. The number of allylic oxidation sites excluding steroid dienone is 1. The van der Waals surface area contributed by atoms with Crippen molar-refractivity contribution in [2.45, 2.75) is 19.8 Å². The summed E-state index contributed by atoms with van der Waals surface area (Å²) in [5, 5.41) is 2.87. The number of rotatable bonds is 4. The van der Waals surface area contributed by atoms with Crippen molar-refractivity contribution < 1.29 is 4.79 Å². The van der Waals surface area contributed by atoms with E-state index in [2.05, 4.69) is 10.3 Å². The van der Waals surface area contributed by atoms with E-state index in [-0.39, 0.29) is 5.91 Å². The van der Waals surface area contributed by atoms with Gasteiger partial charge in [-0.25, -0.2) is 0 Å². The second-order valence-electron chi connectivity index (χ2n) is 4.18. The lowest BCUT2D eigenvalue weighted by Gasteiger charge is -2.04. The van der Waals surface area contributed by atoms with Gasteiger partial charge in [-0.15, -0.1) is 0 Å². The third-order valence-electron chi connectivity index (χ3n) is 2.67. The van der Waals surface area contributed by atoms with Crippen molar-refractivity contribution in [2.75, 3.05) is 6.54 Å². The van der Waals surface area contributed by atoms with Gasteiger partial charge in [-0.2, -0.15) is 0 Å². The van der Waals surface area contributed by atoms with Crippen LogP contribution in [0.4, 0.5) is 0 Å². The molecule has 3 nitrogen and oxygen atoms in total. The van der Waals surface area contributed by atoms with Crippen molar-refractivity contribution in [3.05, 3.63) is 47.2 Å². The number of benzene rings is 1. The SMILES string of the molecule is Cc1ccc(CC(=O)NCC2=CCC=N2)cc1. The van der Waals surface area contributed by atoms with Crippen LogP contribution in [0.1, 0.15) is 17.5 Å². The molecule has 0 radical (unpaired) electrons. The van der Waals surface area contributed by atoms with Crippen LogP contribution in [-0.2, 0) is 11.2 Å². The summed E-state index contributed by atoms with van der Waals surface area (Å²) in [6, 6.07) is 8.02. The number of amides is 1. The molecule has 0 bridgehead atoms. The van der Waals surface area contributed by atoms with Gasteiger partial charge in [-0.05, 0) is 12.5 Å². The van der Waals surface area contributed by atoms with Crippen molar-refractivity contribution in [1.82, 2.24) is 5.32 Å². The molecule has 0 spiro atoms. The quantitative estimate of drug-likeness (QED) is 0.841.